The molecule has 1 fully saturated rings. The van der Waals surface area contributed by atoms with Crippen molar-refractivity contribution in [2.75, 3.05) is 13.1 Å². The summed E-state index contributed by atoms with van der Waals surface area (Å²) in [7, 11) is 0. The fourth-order valence-electron chi connectivity index (χ4n) is 2.38. The lowest BCUT2D eigenvalue weighted by Gasteiger charge is -2.49. The molecule has 0 aromatic carbocycles. The second-order valence-corrected chi connectivity index (χ2v) is 6.55. The SMILES string of the molecule is CCCC1(C)CN(C(=O)CC(C)(C)C)C1. The van der Waals surface area contributed by atoms with Gasteiger partial charge in [0.25, 0.3) is 0 Å². The van der Waals surface area contributed by atoms with Crippen LogP contribution < -0.4 is 0 Å². The quantitative estimate of drug-likeness (QED) is 0.702. The third kappa shape index (κ3) is 3.51. The summed E-state index contributed by atoms with van der Waals surface area (Å²) < 4.78 is 0. The molecule has 2 heteroatoms. The lowest BCUT2D eigenvalue weighted by molar-refractivity contribution is -0.144. The first-order valence-electron chi connectivity index (χ1n) is 6.04. The van der Waals surface area contributed by atoms with Crippen LogP contribution in [-0.2, 0) is 4.79 Å². The highest BCUT2D eigenvalue weighted by molar-refractivity contribution is 5.77. The van der Waals surface area contributed by atoms with E-state index in [0.717, 1.165) is 13.1 Å². The predicted octanol–water partition coefficient (Wildman–Crippen LogP) is 3.07. The molecular formula is C13H25NO. The molecule has 15 heavy (non-hydrogen) atoms. The van der Waals surface area contributed by atoms with Crippen LogP contribution in [0.2, 0.25) is 0 Å². The van der Waals surface area contributed by atoms with Crippen LogP contribution in [0.5, 0.6) is 0 Å². The molecule has 1 rings (SSSR count). The van der Waals surface area contributed by atoms with Crippen LogP contribution in [0.15, 0.2) is 0 Å². The standard InChI is InChI=1S/C13H25NO/c1-6-7-13(5)9-14(10-13)11(15)8-12(2,3)4/h6-10H2,1-5H3. The number of likely N-dealkylation sites (tertiary alicyclic amines) is 1. The van der Waals surface area contributed by atoms with Crippen molar-refractivity contribution >= 4 is 5.91 Å². The highest BCUT2D eigenvalue weighted by Gasteiger charge is 2.40. The number of amides is 1. The summed E-state index contributed by atoms with van der Waals surface area (Å²) in [6, 6.07) is 0. The number of nitrogens with zero attached hydrogens (tertiary/aromatic N) is 1. The molecule has 0 spiro atoms. The number of carbonyl (C=O) groups is 1. The summed E-state index contributed by atoms with van der Waals surface area (Å²) in [6.07, 6.45) is 3.14. The Hall–Kier alpha value is -0.530. The zero-order valence-corrected chi connectivity index (χ0v) is 10.9. The minimum absolute atomic E-state index is 0.119. The Morgan fingerprint density at radius 1 is 1.33 bits per heavy atom. The first-order valence-corrected chi connectivity index (χ1v) is 6.04. The zero-order chi connectivity index (χ0) is 11.7. The van der Waals surface area contributed by atoms with Crippen molar-refractivity contribution < 1.29 is 4.79 Å². The Morgan fingerprint density at radius 3 is 2.27 bits per heavy atom. The van der Waals surface area contributed by atoms with Crippen LogP contribution in [0.4, 0.5) is 0 Å². The molecule has 2 nitrogen and oxygen atoms in total. The zero-order valence-electron chi connectivity index (χ0n) is 10.9. The average Bonchev–Trinajstić information content (AvgIpc) is 1.96. The average molecular weight is 211 g/mol. The van der Waals surface area contributed by atoms with E-state index in [9.17, 15) is 4.79 Å². The van der Waals surface area contributed by atoms with Crippen molar-refractivity contribution in [1.29, 1.82) is 0 Å². The summed E-state index contributed by atoms with van der Waals surface area (Å²) in [5, 5.41) is 0. The fraction of sp³-hybridized carbons (Fsp3) is 0.923. The van der Waals surface area contributed by atoms with E-state index >= 15 is 0 Å². The summed E-state index contributed by atoms with van der Waals surface area (Å²) in [5.41, 5.74) is 0.524. The summed E-state index contributed by atoms with van der Waals surface area (Å²) in [5.74, 6) is 0.330. The largest absolute Gasteiger partial charge is 0.341 e. The van der Waals surface area contributed by atoms with Crippen molar-refractivity contribution in [3.8, 4) is 0 Å². The van der Waals surface area contributed by atoms with Crippen LogP contribution in [0.1, 0.15) is 53.9 Å². The van der Waals surface area contributed by atoms with Gasteiger partial charge in [0.15, 0.2) is 0 Å². The van der Waals surface area contributed by atoms with E-state index in [-0.39, 0.29) is 5.41 Å². The Morgan fingerprint density at radius 2 is 1.87 bits per heavy atom. The number of carbonyl (C=O) groups excluding carboxylic acids is 1. The second kappa shape index (κ2) is 4.15. The van der Waals surface area contributed by atoms with Gasteiger partial charge in [0.2, 0.25) is 5.91 Å². The molecule has 0 atom stereocenters. The van der Waals surface area contributed by atoms with E-state index in [0.29, 0.717) is 17.7 Å². The first kappa shape index (κ1) is 12.5. The summed E-state index contributed by atoms with van der Waals surface area (Å²) in [6.45, 7) is 12.8. The van der Waals surface area contributed by atoms with Gasteiger partial charge in [-0.1, -0.05) is 41.0 Å². The van der Waals surface area contributed by atoms with Gasteiger partial charge in [-0.2, -0.15) is 0 Å². The van der Waals surface area contributed by atoms with Gasteiger partial charge in [0.1, 0.15) is 0 Å². The van der Waals surface area contributed by atoms with Gasteiger partial charge in [-0.05, 0) is 11.8 Å². The smallest absolute Gasteiger partial charge is 0.223 e. The van der Waals surface area contributed by atoms with Crippen LogP contribution in [0, 0.1) is 10.8 Å². The first-order chi connectivity index (χ1) is 6.76. The van der Waals surface area contributed by atoms with Crippen LogP contribution in [0.25, 0.3) is 0 Å². The molecule has 0 aliphatic carbocycles. The predicted molar refractivity (Wildman–Crippen MR) is 63.7 cm³/mol. The molecule has 1 aliphatic heterocycles. The second-order valence-electron chi connectivity index (χ2n) is 6.55. The topological polar surface area (TPSA) is 20.3 Å². The van der Waals surface area contributed by atoms with E-state index < -0.39 is 0 Å². The lowest BCUT2D eigenvalue weighted by atomic mass is 9.77. The maximum Gasteiger partial charge on any atom is 0.223 e. The molecule has 0 N–H and O–H groups in total. The summed E-state index contributed by atoms with van der Waals surface area (Å²) >= 11 is 0. The molecule has 0 unspecified atom stereocenters. The molecular weight excluding hydrogens is 186 g/mol. The van der Waals surface area contributed by atoms with E-state index in [2.05, 4.69) is 34.6 Å². The molecule has 0 aromatic heterocycles. The Labute approximate surface area is 94.0 Å². The number of hydrogen-bond donors (Lipinski definition) is 0. The third-order valence-electron chi connectivity index (χ3n) is 3.03. The van der Waals surface area contributed by atoms with Crippen molar-refractivity contribution in [2.24, 2.45) is 10.8 Å². The van der Waals surface area contributed by atoms with E-state index in [1.54, 1.807) is 0 Å². The minimum atomic E-state index is 0.119. The molecule has 1 amide bonds. The van der Waals surface area contributed by atoms with Crippen molar-refractivity contribution in [1.82, 2.24) is 4.90 Å². The monoisotopic (exact) mass is 211 g/mol. The third-order valence-corrected chi connectivity index (χ3v) is 3.03. The van der Waals surface area contributed by atoms with Crippen molar-refractivity contribution in [3.05, 3.63) is 0 Å². The molecule has 0 bridgehead atoms. The molecule has 1 aliphatic rings. The normalized spacial score (nSPS) is 19.9. The Bertz CT molecular complexity index is 233. The van der Waals surface area contributed by atoms with Gasteiger partial charge < -0.3 is 4.90 Å². The lowest BCUT2D eigenvalue weighted by Crippen LogP contribution is -2.57. The van der Waals surface area contributed by atoms with Gasteiger partial charge in [0, 0.05) is 24.9 Å². The maximum absolute atomic E-state index is 11.9. The minimum Gasteiger partial charge on any atom is -0.341 e. The fourth-order valence-corrected chi connectivity index (χ4v) is 2.38. The Balaban J connectivity index is 2.35. The van der Waals surface area contributed by atoms with Crippen LogP contribution in [0.3, 0.4) is 0 Å². The van der Waals surface area contributed by atoms with Crippen molar-refractivity contribution in [3.63, 3.8) is 0 Å². The Kier molecular flexibility index (Phi) is 3.47. The van der Waals surface area contributed by atoms with Crippen molar-refractivity contribution in [2.45, 2.75) is 53.9 Å². The highest BCUT2D eigenvalue weighted by atomic mass is 16.2. The van der Waals surface area contributed by atoms with E-state index in [4.69, 9.17) is 0 Å². The highest BCUT2D eigenvalue weighted by Crippen LogP contribution is 2.35. The van der Waals surface area contributed by atoms with Gasteiger partial charge in [-0.15, -0.1) is 0 Å². The van der Waals surface area contributed by atoms with Crippen LogP contribution in [-0.4, -0.2) is 23.9 Å². The van der Waals surface area contributed by atoms with Gasteiger partial charge in [0.05, 0.1) is 0 Å². The molecule has 1 heterocycles. The van der Waals surface area contributed by atoms with Crippen LogP contribution >= 0.6 is 0 Å². The molecule has 0 aromatic rings. The maximum atomic E-state index is 11.9. The summed E-state index contributed by atoms with van der Waals surface area (Å²) in [4.78, 5) is 13.9. The van der Waals surface area contributed by atoms with Gasteiger partial charge in [-0.3, -0.25) is 4.79 Å². The number of rotatable bonds is 3. The van der Waals surface area contributed by atoms with E-state index in [1.165, 1.54) is 12.8 Å². The number of hydrogen-bond acceptors (Lipinski definition) is 1. The molecule has 0 radical (unpaired) electrons. The molecule has 1 saturated heterocycles. The van der Waals surface area contributed by atoms with Gasteiger partial charge in [-0.25, -0.2) is 0 Å². The molecule has 0 saturated carbocycles. The van der Waals surface area contributed by atoms with E-state index in [1.807, 2.05) is 4.90 Å². The van der Waals surface area contributed by atoms with Gasteiger partial charge >= 0.3 is 0 Å². The molecule has 88 valence electrons.